The van der Waals surface area contributed by atoms with Gasteiger partial charge in [-0.1, -0.05) is 47.5 Å². The molecule has 0 radical (unpaired) electrons. The first kappa shape index (κ1) is 18.4. The van der Waals surface area contributed by atoms with Crippen molar-refractivity contribution >= 4 is 34.8 Å². The summed E-state index contributed by atoms with van der Waals surface area (Å²) in [6.07, 6.45) is 4.68. The first-order chi connectivity index (χ1) is 15.2. The van der Waals surface area contributed by atoms with Crippen LogP contribution in [0.1, 0.15) is 28.8 Å². The summed E-state index contributed by atoms with van der Waals surface area (Å²) < 4.78 is 8.40. The molecule has 2 aliphatic heterocycles. The molecule has 0 spiro atoms. The van der Waals surface area contributed by atoms with E-state index in [1.165, 1.54) is 0 Å². The number of halogens is 2. The highest BCUT2D eigenvalue weighted by Crippen LogP contribution is 2.51. The van der Waals surface area contributed by atoms with E-state index in [9.17, 15) is 0 Å². The van der Waals surface area contributed by atoms with Crippen molar-refractivity contribution in [1.82, 2.24) is 19.7 Å². The van der Waals surface area contributed by atoms with Gasteiger partial charge in [0.2, 0.25) is 5.95 Å². The summed E-state index contributed by atoms with van der Waals surface area (Å²) >= 11 is 12.8. The number of pyridine rings is 1. The normalized spacial score (nSPS) is 19.0. The summed E-state index contributed by atoms with van der Waals surface area (Å²) in [6.45, 7) is 0. The van der Waals surface area contributed by atoms with Gasteiger partial charge in [-0.25, -0.2) is 4.68 Å². The van der Waals surface area contributed by atoms with Gasteiger partial charge in [-0.3, -0.25) is 4.98 Å². The molecule has 31 heavy (non-hydrogen) atoms. The van der Waals surface area contributed by atoms with E-state index in [1.807, 2.05) is 59.4 Å². The molecule has 0 unspecified atom stereocenters. The van der Waals surface area contributed by atoms with Crippen LogP contribution in [0.2, 0.25) is 10.0 Å². The highest BCUT2D eigenvalue weighted by atomic mass is 35.5. The average molecular weight is 448 g/mol. The minimum absolute atomic E-state index is 0.271. The lowest BCUT2D eigenvalue weighted by Crippen LogP contribution is -2.32. The maximum atomic E-state index is 6.64. The number of aromatic nitrogens is 4. The number of nitrogens with zero attached hydrogens (tertiary/aromatic N) is 4. The Hall–Kier alpha value is -3.35. The van der Waals surface area contributed by atoms with Gasteiger partial charge in [-0.15, -0.1) is 0 Å². The molecule has 2 aliphatic rings. The number of ether oxygens (including phenoxy) is 1. The first-order valence-electron chi connectivity index (χ1n) is 9.72. The van der Waals surface area contributed by atoms with Gasteiger partial charge in [-0.05, 0) is 35.9 Å². The van der Waals surface area contributed by atoms with Gasteiger partial charge in [0.25, 0.3) is 0 Å². The van der Waals surface area contributed by atoms with E-state index in [-0.39, 0.29) is 6.04 Å². The van der Waals surface area contributed by atoms with Crippen molar-refractivity contribution in [1.29, 1.82) is 0 Å². The maximum Gasteiger partial charge on any atom is 0.226 e. The average Bonchev–Trinajstić information content (AvgIpc) is 3.26. The molecule has 4 heterocycles. The van der Waals surface area contributed by atoms with Crippen LogP contribution in [0, 0.1) is 0 Å². The molecule has 1 N–H and O–H groups in total. The SMILES string of the molecule is Clc1ccc([C@H]2Oc3ccccc3C3=C2[C@H](c2cccnc2)n2ncnc2N3)c(Cl)c1. The van der Waals surface area contributed by atoms with Crippen LogP contribution in [-0.4, -0.2) is 19.7 Å². The number of anilines is 1. The van der Waals surface area contributed by atoms with Crippen LogP contribution < -0.4 is 10.1 Å². The Bertz CT molecular complexity index is 1330. The third kappa shape index (κ3) is 2.91. The second kappa shape index (κ2) is 7.11. The molecule has 6 rings (SSSR count). The van der Waals surface area contributed by atoms with Gasteiger partial charge in [0.1, 0.15) is 18.1 Å². The van der Waals surface area contributed by atoms with Crippen molar-refractivity contribution in [2.45, 2.75) is 12.1 Å². The van der Waals surface area contributed by atoms with Crippen LogP contribution in [0.5, 0.6) is 5.75 Å². The Morgan fingerprint density at radius 1 is 1.03 bits per heavy atom. The fourth-order valence-electron chi connectivity index (χ4n) is 4.25. The Labute approximate surface area is 188 Å². The summed E-state index contributed by atoms with van der Waals surface area (Å²) in [5.41, 5.74) is 4.68. The lowest BCUT2D eigenvalue weighted by molar-refractivity contribution is 0.223. The van der Waals surface area contributed by atoms with Crippen molar-refractivity contribution in [2.75, 3.05) is 5.32 Å². The van der Waals surface area contributed by atoms with Crippen molar-refractivity contribution < 1.29 is 4.74 Å². The zero-order chi connectivity index (χ0) is 20.9. The van der Waals surface area contributed by atoms with Gasteiger partial charge in [0.05, 0.1) is 5.70 Å². The van der Waals surface area contributed by atoms with Crippen molar-refractivity contribution in [3.05, 3.63) is 106 Å². The Morgan fingerprint density at radius 2 is 1.94 bits per heavy atom. The highest BCUT2D eigenvalue weighted by Gasteiger charge is 2.41. The number of para-hydroxylation sites is 1. The molecular formula is C23H15Cl2N5O. The second-order valence-corrected chi connectivity index (χ2v) is 8.18. The van der Waals surface area contributed by atoms with Crippen molar-refractivity contribution in [2.24, 2.45) is 0 Å². The van der Waals surface area contributed by atoms with Crippen LogP contribution in [-0.2, 0) is 0 Å². The molecule has 0 bridgehead atoms. The summed E-state index contributed by atoms with van der Waals surface area (Å²) in [6, 6.07) is 17.1. The lowest BCUT2D eigenvalue weighted by atomic mass is 9.85. The van der Waals surface area contributed by atoms with Crippen LogP contribution in [0.15, 0.2) is 78.9 Å². The summed E-state index contributed by atoms with van der Waals surface area (Å²) in [5.74, 6) is 1.42. The van der Waals surface area contributed by atoms with Gasteiger partial charge in [0, 0.05) is 39.1 Å². The van der Waals surface area contributed by atoms with E-state index in [1.54, 1.807) is 18.6 Å². The quantitative estimate of drug-likeness (QED) is 0.436. The predicted octanol–water partition coefficient (Wildman–Crippen LogP) is 5.54. The number of benzene rings is 2. The molecule has 0 amide bonds. The first-order valence-corrected chi connectivity index (χ1v) is 10.5. The molecule has 4 aromatic rings. The molecule has 0 saturated carbocycles. The molecule has 2 atom stereocenters. The number of fused-ring (bicyclic) bond motifs is 3. The van der Waals surface area contributed by atoms with Crippen molar-refractivity contribution in [3.63, 3.8) is 0 Å². The fourth-order valence-corrected chi connectivity index (χ4v) is 4.76. The minimum atomic E-state index is -0.454. The van der Waals surface area contributed by atoms with E-state index < -0.39 is 6.10 Å². The Balaban J connectivity index is 1.65. The van der Waals surface area contributed by atoms with Gasteiger partial charge < -0.3 is 10.1 Å². The largest absolute Gasteiger partial charge is 0.480 e. The molecule has 0 saturated heterocycles. The topological polar surface area (TPSA) is 64.9 Å². The molecule has 0 fully saturated rings. The van der Waals surface area contributed by atoms with E-state index in [0.717, 1.165) is 33.7 Å². The second-order valence-electron chi connectivity index (χ2n) is 7.33. The van der Waals surface area contributed by atoms with Crippen LogP contribution in [0.3, 0.4) is 0 Å². The molecule has 2 aromatic carbocycles. The minimum Gasteiger partial charge on any atom is -0.480 e. The van der Waals surface area contributed by atoms with Crippen LogP contribution in [0.4, 0.5) is 5.95 Å². The summed E-state index contributed by atoms with van der Waals surface area (Å²) in [5, 5.41) is 9.07. The zero-order valence-corrected chi connectivity index (χ0v) is 17.5. The third-order valence-corrected chi connectivity index (χ3v) is 6.13. The van der Waals surface area contributed by atoms with E-state index in [4.69, 9.17) is 27.9 Å². The molecule has 6 nitrogen and oxygen atoms in total. The predicted molar refractivity (Wildman–Crippen MR) is 119 cm³/mol. The number of hydrogen-bond donors (Lipinski definition) is 1. The number of hydrogen-bond acceptors (Lipinski definition) is 5. The fraction of sp³-hybridized carbons (Fsp3) is 0.0870. The van der Waals surface area contributed by atoms with Gasteiger partial charge in [-0.2, -0.15) is 10.1 Å². The Morgan fingerprint density at radius 3 is 2.77 bits per heavy atom. The highest BCUT2D eigenvalue weighted by molar-refractivity contribution is 6.35. The molecule has 0 aliphatic carbocycles. The third-order valence-electron chi connectivity index (χ3n) is 5.57. The van der Waals surface area contributed by atoms with E-state index in [0.29, 0.717) is 16.0 Å². The standard InChI is InChI=1S/C23H15Cl2N5O/c24-14-7-8-15(17(25)10-14)22-19-20(16-5-1-2-6-18(16)31-22)29-23-27-12-28-30(23)21(19)13-4-3-9-26-11-13/h1-12,21-22H,(H,27,28,29)/t21-,22+/m0/s1. The van der Waals surface area contributed by atoms with Gasteiger partial charge >= 0.3 is 0 Å². The summed E-state index contributed by atoms with van der Waals surface area (Å²) in [7, 11) is 0. The molecule has 8 heteroatoms. The van der Waals surface area contributed by atoms with E-state index in [2.05, 4.69) is 20.4 Å². The maximum absolute atomic E-state index is 6.64. The molecular weight excluding hydrogens is 433 g/mol. The monoisotopic (exact) mass is 447 g/mol. The molecule has 2 aromatic heterocycles. The summed E-state index contributed by atoms with van der Waals surface area (Å²) in [4.78, 5) is 8.76. The van der Waals surface area contributed by atoms with Crippen LogP contribution in [0.25, 0.3) is 5.70 Å². The smallest absolute Gasteiger partial charge is 0.226 e. The lowest BCUT2D eigenvalue weighted by Gasteiger charge is -2.39. The van der Waals surface area contributed by atoms with E-state index >= 15 is 0 Å². The zero-order valence-electron chi connectivity index (χ0n) is 16.0. The van der Waals surface area contributed by atoms with Crippen molar-refractivity contribution in [3.8, 4) is 5.75 Å². The number of nitrogens with one attached hydrogen (secondary N) is 1. The van der Waals surface area contributed by atoms with Gasteiger partial charge in [0.15, 0.2) is 6.10 Å². The molecule has 152 valence electrons. The van der Waals surface area contributed by atoms with Crippen LogP contribution >= 0.6 is 23.2 Å². The Kier molecular flexibility index (Phi) is 4.23. The number of rotatable bonds is 2.